The summed E-state index contributed by atoms with van der Waals surface area (Å²) in [7, 11) is 1.56. The summed E-state index contributed by atoms with van der Waals surface area (Å²) in [4.78, 5) is 12.7. The molecular weight excluding hydrogens is 318 g/mol. The molecule has 0 aromatic heterocycles. The summed E-state index contributed by atoms with van der Waals surface area (Å²) < 4.78 is 6.21. The molecule has 0 bridgehead atoms. The number of benzene rings is 2. The maximum atomic E-state index is 12.7. The lowest BCUT2D eigenvalue weighted by atomic mass is 9.97. The molecule has 0 radical (unpaired) electrons. The number of rotatable bonds is 3. The number of hydrogen-bond donors (Lipinski definition) is 1. The number of ketones is 1. The van der Waals surface area contributed by atoms with E-state index < -0.39 is 0 Å². The number of methoxy groups -OCH3 is 1. The first-order valence-electron chi connectivity index (χ1n) is 6.19. The van der Waals surface area contributed by atoms with Crippen molar-refractivity contribution in [2.24, 2.45) is 0 Å². The Morgan fingerprint density at radius 1 is 1.10 bits per heavy atom. The van der Waals surface area contributed by atoms with Crippen molar-refractivity contribution in [2.75, 3.05) is 12.8 Å². The number of hydrogen-bond acceptors (Lipinski definition) is 3. The summed E-state index contributed by atoms with van der Waals surface area (Å²) >= 11 is 3.45. The first-order chi connectivity index (χ1) is 9.43. The molecule has 3 nitrogen and oxygen atoms in total. The molecule has 104 valence electrons. The smallest absolute Gasteiger partial charge is 0.197 e. The molecule has 0 saturated carbocycles. The first-order valence-corrected chi connectivity index (χ1v) is 6.98. The van der Waals surface area contributed by atoms with Gasteiger partial charge in [0.05, 0.1) is 12.7 Å². The van der Waals surface area contributed by atoms with E-state index in [2.05, 4.69) is 15.9 Å². The van der Waals surface area contributed by atoms with Crippen molar-refractivity contribution in [1.82, 2.24) is 0 Å². The molecule has 0 unspecified atom stereocenters. The zero-order valence-corrected chi connectivity index (χ0v) is 13.2. The third kappa shape index (κ3) is 2.70. The van der Waals surface area contributed by atoms with Crippen molar-refractivity contribution in [3.8, 4) is 5.75 Å². The Balaban J connectivity index is 2.55. The van der Waals surface area contributed by atoms with E-state index in [0.717, 1.165) is 15.6 Å². The third-order valence-electron chi connectivity index (χ3n) is 3.22. The van der Waals surface area contributed by atoms with Gasteiger partial charge >= 0.3 is 0 Å². The number of ether oxygens (including phenoxy) is 1. The zero-order chi connectivity index (χ0) is 14.9. The maximum Gasteiger partial charge on any atom is 0.197 e. The predicted octanol–water partition coefficient (Wildman–Crippen LogP) is 3.89. The van der Waals surface area contributed by atoms with Crippen LogP contribution in [0.1, 0.15) is 27.0 Å². The topological polar surface area (TPSA) is 52.3 Å². The second-order valence-corrected chi connectivity index (χ2v) is 5.56. The lowest BCUT2D eigenvalue weighted by molar-refractivity contribution is 0.103. The monoisotopic (exact) mass is 333 g/mol. The minimum atomic E-state index is -0.0694. The number of halogens is 1. The molecule has 0 heterocycles. The fourth-order valence-corrected chi connectivity index (χ4v) is 2.43. The van der Waals surface area contributed by atoms with Crippen molar-refractivity contribution in [3.63, 3.8) is 0 Å². The summed E-state index contributed by atoms with van der Waals surface area (Å²) in [5.41, 5.74) is 9.42. The largest absolute Gasteiger partial charge is 0.496 e. The van der Waals surface area contributed by atoms with Crippen LogP contribution in [0.2, 0.25) is 0 Å². The average Bonchev–Trinajstić information content (AvgIpc) is 2.40. The highest BCUT2D eigenvalue weighted by atomic mass is 79.9. The second-order valence-electron chi connectivity index (χ2n) is 4.71. The van der Waals surface area contributed by atoms with Crippen LogP contribution in [-0.2, 0) is 0 Å². The minimum Gasteiger partial charge on any atom is -0.496 e. The van der Waals surface area contributed by atoms with Gasteiger partial charge in [-0.25, -0.2) is 0 Å². The van der Waals surface area contributed by atoms with E-state index in [4.69, 9.17) is 10.5 Å². The molecule has 2 rings (SSSR count). The summed E-state index contributed by atoms with van der Waals surface area (Å²) in [6.07, 6.45) is 0. The molecule has 20 heavy (non-hydrogen) atoms. The summed E-state index contributed by atoms with van der Waals surface area (Å²) in [6.45, 7) is 3.83. The van der Waals surface area contributed by atoms with E-state index >= 15 is 0 Å². The van der Waals surface area contributed by atoms with Crippen molar-refractivity contribution in [2.45, 2.75) is 13.8 Å². The van der Waals surface area contributed by atoms with Crippen LogP contribution in [0, 0.1) is 13.8 Å². The molecule has 2 aromatic carbocycles. The number of carbonyl (C=O) groups is 1. The molecule has 0 spiro atoms. The highest BCUT2D eigenvalue weighted by molar-refractivity contribution is 9.10. The molecular formula is C16H16BrNO2. The Morgan fingerprint density at radius 3 is 2.40 bits per heavy atom. The van der Waals surface area contributed by atoms with Gasteiger partial charge in [0, 0.05) is 15.7 Å². The fraction of sp³-hybridized carbons (Fsp3) is 0.188. The zero-order valence-electron chi connectivity index (χ0n) is 11.7. The van der Waals surface area contributed by atoms with E-state index in [9.17, 15) is 4.79 Å². The molecule has 0 aliphatic carbocycles. The molecule has 0 saturated heterocycles. The van der Waals surface area contributed by atoms with Crippen LogP contribution in [-0.4, -0.2) is 12.9 Å². The van der Waals surface area contributed by atoms with E-state index in [1.165, 1.54) is 0 Å². The SMILES string of the molecule is COc1cc(C)c(Br)cc1C(=O)c1ccc(N)cc1C. The predicted molar refractivity (Wildman–Crippen MR) is 84.5 cm³/mol. The van der Waals surface area contributed by atoms with Crippen LogP contribution in [0.3, 0.4) is 0 Å². The lowest BCUT2D eigenvalue weighted by Gasteiger charge is -2.12. The average molecular weight is 334 g/mol. The Bertz CT molecular complexity index is 680. The van der Waals surface area contributed by atoms with Gasteiger partial charge in [0.25, 0.3) is 0 Å². The van der Waals surface area contributed by atoms with Crippen molar-refractivity contribution < 1.29 is 9.53 Å². The first kappa shape index (κ1) is 14.6. The van der Waals surface area contributed by atoms with Crippen LogP contribution >= 0.6 is 15.9 Å². The van der Waals surface area contributed by atoms with Crippen molar-refractivity contribution >= 4 is 27.4 Å². The third-order valence-corrected chi connectivity index (χ3v) is 4.07. The number of anilines is 1. The van der Waals surface area contributed by atoms with Gasteiger partial charge in [0.2, 0.25) is 0 Å². The molecule has 0 amide bonds. The fourth-order valence-electron chi connectivity index (χ4n) is 2.09. The highest BCUT2D eigenvalue weighted by Gasteiger charge is 2.18. The summed E-state index contributed by atoms with van der Waals surface area (Å²) in [5.74, 6) is 0.506. The summed E-state index contributed by atoms with van der Waals surface area (Å²) in [6, 6.07) is 8.93. The number of nitrogen functional groups attached to an aromatic ring is 1. The Labute approximate surface area is 126 Å². The van der Waals surface area contributed by atoms with Crippen molar-refractivity contribution in [3.05, 3.63) is 57.1 Å². The molecule has 0 atom stereocenters. The van der Waals surface area contributed by atoms with Gasteiger partial charge < -0.3 is 10.5 Å². The molecule has 0 aliphatic heterocycles. The minimum absolute atomic E-state index is 0.0694. The maximum absolute atomic E-state index is 12.7. The Kier molecular flexibility index (Phi) is 4.14. The van der Waals surface area contributed by atoms with Crippen LogP contribution < -0.4 is 10.5 Å². The molecule has 4 heteroatoms. The molecule has 0 aliphatic rings. The Hall–Kier alpha value is -1.81. The molecule has 0 fully saturated rings. The molecule has 2 aromatic rings. The van der Waals surface area contributed by atoms with Gasteiger partial charge in [-0.15, -0.1) is 0 Å². The van der Waals surface area contributed by atoms with Gasteiger partial charge in [-0.05, 0) is 55.3 Å². The lowest BCUT2D eigenvalue weighted by Crippen LogP contribution is -2.07. The van der Waals surface area contributed by atoms with E-state index in [0.29, 0.717) is 22.6 Å². The quantitative estimate of drug-likeness (QED) is 0.684. The standard InChI is InChI=1S/C16H16BrNO2/c1-9-6-11(18)4-5-12(9)16(19)13-8-14(17)10(2)7-15(13)20-3/h4-8H,18H2,1-3H3. The normalized spacial score (nSPS) is 10.4. The van der Waals surface area contributed by atoms with E-state index in [1.54, 1.807) is 31.4 Å². The van der Waals surface area contributed by atoms with Crippen LogP contribution in [0.15, 0.2) is 34.8 Å². The van der Waals surface area contributed by atoms with Crippen molar-refractivity contribution in [1.29, 1.82) is 0 Å². The Morgan fingerprint density at radius 2 is 1.80 bits per heavy atom. The van der Waals surface area contributed by atoms with Crippen LogP contribution in [0.5, 0.6) is 5.75 Å². The van der Waals surface area contributed by atoms with E-state index in [1.807, 2.05) is 19.9 Å². The van der Waals surface area contributed by atoms with Crippen LogP contribution in [0.25, 0.3) is 0 Å². The molecule has 2 N–H and O–H groups in total. The van der Waals surface area contributed by atoms with E-state index in [-0.39, 0.29) is 5.78 Å². The summed E-state index contributed by atoms with van der Waals surface area (Å²) in [5, 5.41) is 0. The van der Waals surface area contributed by atoms with Gasteiger partial charge in [0.1, 0.15) is 5.75 Å². The van der Waals surface area contributed by atoms with Gasteiger partial charge in [-0.1, -0.05) is 15.9 Å². The number of aryl methyl sites for hydroxylation is 2. The van der Waals surface area contributed by atoms with Crippen LogP contribution in [0.4, 0.5) is 5.69 Å². The van der Waals surface area contributed by atoms with Gasteiger partial charge in [0.15, 0.2) is 5.78 Å². The number of nitrogens with two attached hydrogens (primary N) is 1. The van der Waals surface area contributed by atoms with Gasteiger partial charge in [-0.2, -0.15) is 0 Å². The van der Waals surface area contributed by atoms with Gasteiger partial charge in [-0.3, -0.25) is 4.79 Å². The second kappa shape index (κ2) is 5.67. The number of carbonyl (C=O) groups excluding carboxylic acids is 1. The highest BCUT2D eigenvalue weighted by Crippen LogP contribution is 2.29.